The molecule has 1 N–H and O–H groups in total. The standard InChI is InChI=1S/C16H22ClN3/c1-12-14(9-18-16(2,3)4)11-20(19-12)10-13-6-5-7-15(17)8-13/h5-8,11,18H,9-10H2,1-4H3. The maximum Gasteiger partial charge on any atom is 0.0660 e. The van der Waals surface area contributed by atoms with Crippen LogP contribution >= 0.6 is 11.6 Å². The molecule has 0 fully saturated rings. The van der Waals surface area contributed by atoms with Gasteiger partial charge in [-0.25, -0.2) is 0 Å². The van der Waals surface area contributed by atoms with E-state index < -0.39 is 0 Å². The van der Waals surface area contributed by atoms with Crippen molar-refractivity contribution in [3.8, 4) is 0 Å². The lowest BCUT2D eigenvalue weighted by atomic mass is 10.1. The number of rotatable bonds is 4. The van der Waals surface area contributed by atoms with Crippen LogP contribution in [0.5, 0.6) is 0 Å². The lowest BCUT2D eigenvalue weighted by Gasteiger charge is -2.20. The Kier molecular flexibility index (Phi) is 4.51. The van der Waals surface area contributed by atoms with E-state index in [9.17, 15) is 0 Å². The molecule has 0 saturated heterocycles. The summed E-state index contributed by atoms with van der Waals surface area (Å²) >= 11 is 6.01. The molecule has 2 rings (SSSR count). The molecule has 4 heteroatoms. The van der Waals surface area contributed by atoms with Crippen molar-refractivity contribution in [2.75, 3.05) is 0 Å². The SMILES string of the molecule is Cc1nn(Cc2cccc(Cl)c2)cc1CNC(C)(C)C. The van der Waals surface area contributed by atoms with Crippen molar-refractivity contribution in [2.45, 2.75) is 46.3 Å². The van der Waals surface area contributed by atoms with Gasteiger partial charge in [-0.15, -0.1) is 0 Å². The third kappa shape index (κ3) is 4.36. The average Bonchev–Trinajstić information content (AvgIpc) is 2.66. The second kappa shape index (κ2) is 5.98. The topological polar surface area (TPSA) is 29.9 Å². The number of nitrogens with one attached hydrogen (secondary N) is 1. The lowest BCUT2D eigenvalue weighted by molar-refractivity contribution is 0.423. The number of benzene rings is 1. The third-order valence-corrected chi connectivity index (χ3v) is 3.33. The first-order valence-corrected chi connectivity index (χ1v) is 7.24. The highest BCUT2D eigenvalue weighted by Crippen LogP contribution is 2.13. The van der Waals surface area contributed by atoms with Gasteiger partial charge in [0.2, 0.25) is 0 Å². The van der Waals surface area contributed by atoms with E-state index in [-0.39, 0.29) is 5.54 Å². The molecule has 0 aliphatic carbocycles. The summed E-state index contributed by atoms with van der Waals surface area (Å²) in [5.74, 6) is 0. The number of nitrogens with zero attached hydrogens (tertiary/aromatic N) is 2. The monoisotopic (exact) mass is 291 g/mol. The molecule has 0 aliphatic heterocycles. The maximum absolute atomic E-state index is 6.01. The Morgan fingerprint density at radius 1 is 1.30 bits per heavy atom. The van der Waals surface area contributed by atoms with Gasteiger partial charge in [0.05, 0.1) is 12.2 Å². The van der Waals surface area contributed by atoms with Crippen molar-refractivity contribution < 1.29 is 0 Å². The molecule has 0 atom stereocenters. The Morgan fingerprint density at radius 3 is 2.70 bits per heavy atom. The molecule has 2 aromatic rings. The highest BCUT2D eigenvalue weighted by Gasteiger charge is 2.11. The van der Waals surface area contributed by atoms with Gasteiger partial charge >= 0.3 is 0 Å². The van der Waals surface area contributed by atoms with Crippen molar-refractivity contribution in [3.05, 3.63) is 52.3 Å². The fraction of sp³-hybridized carbons (Fsp3) is 0.438. The van der Waals surface area contributed by atoms with Gasteiger partial charge in [-0.3, -0.25) is 4.68 Å². The molecular formula is C16H22ClN3. The third-order valence-electron chi connectivity index (χ3n) is 3.09. The predicted molar refractivity (Wildman–Crippen MR) is 84.1 cm³/mol. The van der Waals surface area contributed by atoms with Crippen molar-refractivity contribution in [2.24, 2.45) is 0 Å². The van der Waals surface area contributed by atoms with Crippen LogP contribution < -0.4 is 5.32 Å². The van der Waals surface area contributed by atoms with E-state index in [1.807, 2.05) is 29.8 Å². The van der Waals surface area contributed by atoms with E-state index in [1.54, 1.807) is 0 Å². The second-order valence-electron chi connectivity index (χ2n) is 6.17. The van der Waals surface area contributed by atoms with E-state index in [4.69, 9.17) is 11.6 Å². The zero-order valence-electron chi connectivity index (χ0n) is 12.6. The molecule has 0 radical (unpaired) electrons. The molecule has 0 saturated carbocycles. The van der Waals surface area contributed by atoms with Crippen LogP contribution in [-0.4, -0.2) is 15.3 Å². The van der Waals surface area contributed by atoms with E-state index in [0.717, 1.165) is 29.4 Å². The average molecular weight is 292 g/mol. The van der Waals surface area contributed by atoms with E-state index >= 15 is 0 Å². The Hall–Kier alpha value is -1.32. The van der Waals surface area contributed by atoms with Gasteiger partial charge in [-0.1, -0.05) is 23.7 Å². The summed E-state index contributed by atoms with van der Waals surface area (Å²) in [7, 11) is 0. The first-order chi connectivity index (χ1) is 9.33. The summed E-state index contributed by atoms with van der Waals surface area (Å²) in [6.45, 7) is 10.1. The van der Waals surface area contributed by atoms with Crippen molar-refractivity contribution in [3.63, 3.8) is 0 Å². The zero-order chi connectivity index (χ0) is 14.8. The van der Waals surface area contributed by atoms with Gasteiger partial charge in [0.15, 0.2) is 0 Å². The molecule has 3 nitrogen and oxygen atoms in total. The predicted octanol–water partition coefficient (Wildman–Crippen LogP) is 3.78. The first-order valence-electron chi connectivity index (χ1n) is 6.86. The van der Waals surface area contributed by atoms with Crippen molar-refractivity contribution >= 4 is 11.6 Å². The van der Waals surface area contributed by atoms with Crippen LogP contribution in [0.3, 0.4) is 0 Å². The van der Waals surface area contributed by atoms with Crippen molar-refractivity contribution in [1.29, 1.82) is 0 Å². The number of aromatic nitrogens is 2. The highest BCUT2D eigenvalue weighted by atomic mass is 35.5. The summed E-state index contributed by atoms with van der Waals surface area (Å²) in [5.41, 5.74) is 3.59. The van der Waals surface area contributed by atoms with Crippen LogP contribution in [0.1, 0.15) is 37.6 Å². The molecule has 0 bridgehead atoms. The fourth-order valence-electron chi connectivity index (χ4n) is 2.00. The van der Waals surface area contributed by atoms with Crippen LogP contribution in [0.2, 0.25) is 5.02 Å². The van der Waals surface area contributed by atoms with Gasteiger partial charge in [0, 0.05) is 28.9 Å². The molecule has 0 unspecified atom stereocenters. The van der Waals surface area contributed by atoms with E-state index in [1.165, 1.54) is 5.56 Å². The largest absolute Gasteiger partial charge is 0.308 e. The smallest absolute Gasteiger partial charge is 0.0660 e. The molecule has 1 heterocycles. The molecule has 0 aliphatic rings. The van der Waals surface area contributed by atoms with Gasteiger partial charge in [-0.05, 0) is 45.4 Å². The number of hydrogen-bond acceptors (Lipinski definition) is 2. The minimum atomic E-state index is 0.113. The first kappa shape index (κ1) is 15.1. The van der Waals surface area contributed by atoms with E-state index in [0.29, 0.717) is 0 Å². The second-order valence-corrected chi connectivity index (χ2v) is 6.61. The summed E-state index contributed by atoms with van der Waals surface area (Å²) in [6.07, 6.45) is 2.11. The Bertz CT molecular complexity index is 582. The van der Waals surface area contributed by atoms with Crippen LogP contribution in [-0.2, 0) is 13.1 Å². The van der Waals surface area contributed by atoms with Gasteiger partial charge in [0.1, 0.15) is 0 Å². The molecule has 20 heavy (non-hydrogen) atoms. The molecule has 108 valence electrons. The zero-order valence-corrected chi connectivity index (χ0v) is 13.3. The summed E-state index contributed by atoms with van der Waals surface area (Å²) in [6, 6.07) is 7.90. The Labute approximate surface area is 126 Å². The minimum absolute atomic E-state index is 0.113. The number of halogens is 1. The number of hydrogen-bond donors (Lipinski definition) is 1. The van der Waals surface area contributed by atoms with Gasteiger partial charge in [-0.2, -0.15) is 5.10 Å². The molecule has 0 amide bonds. The van der Waals surface area contributed by atoms with Crippen LogP contribution in [0.25, 0.3) is 0 Å². The Morgan fingerprint density at radius 2 is 2.05 bits per heavy atom. The van der Waals surface area contributed by atoms with Gasteiger partial charge in [0.25, 0.3) is 0 Å². The molecular weight excluding hydrogens is 270 g/mol. The van der Waals surface area contributed by atoms with Crippen LogP contribution in [0.4, 0.5) is 0 Å². The van der Waals surface area contributed by atoms with Crippen LogP contribution in [0, 0.1) is 6.92 Å². The highest BCUT2D eigenvalue weighted by molar-refractivity contribution is 6.30. The summed E-state index contributed by atoms with van der Waals surface area (Å²) in [4.78, 5) is 0. The lowest BCUT2D eigenvalue weighted by Crippen LogP contribution is -2.35. The molecule has 1 aromatic carbocycles. The van der Waals surface area contributed by atoms with Gasteiger partial charge < -0.3 is 5.32 Å². The summed E-state index contributed by atoms with van der Waals surface area (Å²) < 4.78 is 1.97. The van der Waals surface area contributed by atoms with Crippen LogP contribution in [0.15, 0.2) is 30.5 Å². The minimum Gasteiger partial charge on any atom is -0.308 e. The molecule has 1 aromatic heterocycles. The normalized spacial score (nSPS) is 11.8. The van der Waals surface area contributed by atoms with E-state index in [2.05, 4.69) is 43.4 Å². The quantitative estimate of drug-likeness (QED) is 0.929. The molecule has 0 spiro atoms. The fourth-order valence-corrected chi connectivity index (χ4v) is 2.21. The number of aryl methyl sites for hydroxylation is 1. The van der Waals surface area contributed by atoms with Crippen molar-refractivity contribution in [1.82, 2.24) is 15.1 Å². The Balaban J connectivity index is 2.07. The maximum atomic E-state index is 6.01. The summed E-state index contributed by atoms with van der Waals surface area (Å²) in [5, 5.41) is 8.83.